The minimum absolute atomic E-state index is 0.00324. The van der Waals surface area contributed by atoms with Crippen molar-refractivity contribution in [2.45, 2.75) is 37.7 Å². The van der Waals surface area contributed by atoms with Crippen molar-refractivity contribution in [3.8, 4) is 5.75 Å². The van der Waals surface area contributed by atoms with Gasteiger partial charge in [0.15, 0.2) is 0 Å². The van der Waals surface area contributed by atoms with Gasteiger partial charge in [-0.05, 0) is 25.0 Å². The summed E-state index contributed by atoms with van der Waals surface area (Å²) in [6, 6.07) is 3.28. The van der Waals surface area contributed by atoms with E-state index in [2.05, 4.69) is 0 Å². The molecule has 1 aromatic rings. The first-order valence-corrected chi connectivity index (χ1v) is 6.38. The first kappa shape index (κ1) is 13.8. The molecule has 0 spiro atoms. The first-order valence-electron chi connectivity index (χ1n) is 6.38. The Hall–Kier alpha value is -1.62. The number of hydrogen-bond donors (Lipinski definition) is 2. The molecule has 1 saturated carbocycles. The van der Waals surface area contributed by atoms with E-state index in [4.69, 9.17) is 9.84 Å². The number of ether oxygens (including phenoxy) is 1. The normalized spacial score (nSPS) is 18.0. The summed E-state index contributed by atoms with van der Waals surface area (Å²) < 4.78 is 18.5. The zero-order chi connectivity index (χ0) is 13.9. The average Bonchev–Trinajstić information content (AvgIpc) is 2.37. The molecule has 0 radical (unpaired) electrons. The summed E-state index contributed by atoms with van der Waals surface area (Å²) >= 11 is 0. The number of rotatable bonds is 4. The van der Waals surface area contributed by atoms with Crippen LogP contribution in [0.1, 0.15) is 42.5 Å². The number of halogens is 1. The van der Waals surface area contributed by atoms with Crippen LogP contribution >= 0.6 is 0 Å². The van der Waals surface area contributed by atoms with Crippen LogP contribution in [0.4, 0.5) is 4.39 Å². The molecule has 0 heterocycles. The van der Waals surface area contributed by atoms with Crippen molar-refractivity contribution in [2.75, 3.05) is 6.61 Å². The van der Waals surface area contributed by atoms with Crippen LogP contribution < -0.4 is 4.74 Å². The van der Waals surface area contributed by atoms with Crippen molar-refractivity contribution in [3.63, 3.8) is 0 Å². The highest BCUT2D eigenvalue weighted by Gasteiger charge is 2.30. The van der Waals surface area contributed by atoms with E-state index >= 15 is 0 Å². The molecule has 1 fully saturated rings. The van der Waals surface area contributed by atoms with Gasteiger partial charge < -0.3 is 14.9 Å². The molecule has 2 rings (SSSR count). The maximum absolute atomic E-state index is 13.1. The molecule has 4 nitrogen and oxygen atoms in total. The van der Waals surface area contributed by atoms with Crippen LogP contribution in [0, 0.1) is 5.82 Å². The highest BCUT2D eigenvalue weighted by molar-refractivity contribution is 5.90. The Labute approximate surface area is 110 Å². The monoisotopic (exact) mass is 268 g/mol. The van der Waals surface area contributed by atoms with Crippen LogP contribution in [-0.4, -0.2) is 28.4 Å². The summed E-state index contributed by atoms with van der Waals surface area (Å²) in [5.74, 6) is -1.77. The van der Waals surface area contributed by atoms with Gasteiger partial charge >= 0.3 is 5.97 Å². The van der Waals surface area contributed by atoms with Gasteiger partial charge in [-0.15, -0.1) is 0 Å². The summed E-state index contributed by atoms with van der Waals surface area (Å²) in [6.45, 7) is -0.00324. The van der Waals surface area contributed by atoms with E-state index in [0.717, 1.165) is 37.5 Å². The van der Waals surface area contributed by atoms with E-state index in [1.54, 1.807) is 0 Å². The third-order valence-corrected chi connectivity index (χ3v) is 3.45. The van der Waals surface area contributed by atoms with Crippen LogP contribution in [0.25, 0.3) is 0 Å². The second-order valence-electron chi connectivity index (χ2n) is 5.02. The zero-order valence-corrected chi connectivity index (χ0v) is 10.6. The largest absolute Gasteiger partial charge is 0.490 e. The molecule has 0 aliphatic heterocycles. The minimum atomic E-state index is -1.18. The van der Waals surface area contributed by atoms with Crippen LogP contribution in [-0.2, 0) is 0 Å². The van der Waals surface area contributed by atoms with Crippen molar-refractivity contribution in [2.24, 2.45) is 0 Å². The lowest BCUT2D eigenvalue weighted by Gasteiger charge is -2.31. The summed E-state index contributed by atoms with van der Waals surface area (Å²) in [7, 11) is 0. The highest BCUT2D eigenvalue weighted by Crippen LogP contribution is 2.29. The van der Waals surface area contributed by atoms with Crippen molar-refractivity contribution in [1.29, 1.82) is 0 Å². The highest BCUT2D eigenvalue weighted by atomic mass is 19.1. The van der Waals surface area contributed by atoms with Gasteiger partial charge in [0.1, 0.15) is 23.7 Å². The minimum Gasteiger partial charge on any atom is -0.490 e. The molecule has 104 valence electrons. The molecule has 1 aliphatic rings. The van der Waals surface area contributed by atoms with E-state index in [-0.39, 0.29) is 17.9 Å². The van der Waals surface area contributed by atoms with Crippen molar-refractivity contribution in [1.82, 2.24) is 0 Å². The third-order valence-electron chi connectivity index (χ3n) is 3.45. The van der Waals surface area contributed by atoms with E-state index in [1.807, 2.05) is 0 Å². The molecule has 2 N–H and O–H groups in total. The number of carbonyl (C=O) groups is 1. The molecule has 5 heteroatoms. The smallest absolute Gasteiger partial charge is 0.339 e. The average molecular weight is 268 g/mol. The maximum atomic E-state index is 13.1. The number of carboxylic acids is 1. The Bertz CT molecular complexity index is 467. The van der Waals surface area contributed by atoms with Crippen molar-refractivity contribution >= 4 is 5.97 Å². The Kier molecular flexibility index (Phi) is 4.04. The van der Waals surface area contributed by atoms with Gasteiger partial charge in [0, 0.05) is 6.07 Å². The van der Waals surface area contributed by atoms with Crippen LogP contribution in [0.15, 0.2) is 18.2 Å². The van der Waals surface area contributed by atoms with Gasteiger partial charge in [0.05, 0.1) is 5.60 Å². The quantitative estimate of drug-likeness (QED) is 0.880. The Morgan fingerprint density at radius 3 is 2.63 bits per heavy atom. The SMILES string of the molecule is O=C(O)c1ccc(F)cc1OCC1(O)CCCCC1. The van der Waals surface area contributed by atoms with E-state index < -0.39 is 17.4 Å². The molecule has 0 saturated heterocycles. The number of aromatic carboxylic acids is 1. The van der Waals surface area contributed by atoms with Gasteiger partial charge in [-0.25, -0.2) is 9.18 Å². The standard InChI is InChI=1S/C14H17FO4/c15-10-4-5-11(13(16)17)12(8-10)19-9-14(18)6-2-1-3-7-14/h4-5,8,18H,1-3,6-7,9H2,(H,16,17). The zero-order valence-electron chi connectivity index (χ0n) is 10.6. The molecular weight excluding hydrogens is 251 g/mol. The van der Waals surface area contributed by atoms with E-state index in [1.165, 1.54) is 0 Å². The number of hydrogen-bond acceptors (Lipinski definition) is 3. The second-order valence-corrected chi connectivity index (χ2v) is 5.02. The van der Waals surface area contributed by atoms with Gasteiger partial charge in [-0.2, -0.15) is 0 Å². The first-order chi connectivity index (χ1) is 9.00. The molecule has 1 aromatic carbocycles. The molecule has 0 amide bonds. The molecule has 1 aliphatic carbocycles. The van der Waals surface area contributed by atoms with Gasteiger partial charge in [-0.3, -0.25) is 0 Å². The number of benzene rings is 1. The molecule has 0 atom stereocenters. The molecular formula is C14H17FO4. The molecule has 0 aromatic heterocycles. The van der Waals surface area contributed by atoms with Crippen LogP contribution in [0.3, 0.4) is 0 Å². The maximum Gasteiger partial charge on any atom is 0.339 e. The van der Waals surface area contributed by atoms with Gasteiger partial charge in [0.2, 0.25) is 0 Å². The predicted molar refractivity (Wildman–Crippen MR) is 66.9 cm³/mol. The lowest BCUT2D eigenvalue weighted by molar-refractivity contribution is -0.0342. The third kappa shape index (κ3) is 3.44. The second kappa shape index (κ2) is 5.57. The predicted octanol–water partition coefficient (Wildman–Crippen LogP) is 2.60. The molecule has 0 bridgehead atoms. The number of carboxylic acid groups (broad SMARTS) is 1. The number of aliphatic hydroxyl groups is 1. The fraction of sp³-hybridized carbons (Fsp3) is 0.500. The summed E-state index contributed by atoms with van der Waals surface area (Å²) in [5.41, 5.74) is -1.03. The summed E-state index contributed by atoms with van der Waals surface area (Å²) in [6.07, 6.45) is 4.20. The Morgan fingerprint density at radius 2 is 2.00 bits per heavy atom. The van der Waals surface area contributed by atoms with Crippen molar-refractivity contribution in [3.05, 3.63) is 29.6 Å². The Morgan fingerprint density at radius 1 is 1.32 bits per heavy atom. The lowest BCUT2D eigenvalue weighted by atomic mass is 9.85. The molecule has 19 heavy (non-hydrogen) atoms. The van der Waals surface area contributed by atoms with Crippen LogP contribution in [0.5, 0.6) is 5.75 Å². The fourth-order valence-electron chi connectivity index (χ4n) is 2.36. The van der Waals surface area contributed by atoms with E-state index in [9.17, 15) is 14.3 Å². The summed E-state index contributed by atoms with van der Waals surface area (Å²) in [5, 5.41) is 19.3. The topological polar surface area (TPSA) is 66.8 Å². The van der Waals surface area contributed by atoms with E-state index in [0.29, 0.717) is 12.8 Å². The van der Waals surface area contributed by atoms with Gasteiger partial charge in [0.25, 0.3) is 0 Å². The Balaban J connectivity index is 2.10. The summed E-state index contributed by atoms with van der Waals surface area (Å²) in [4.78, 5) is 11.0. The van der Waals surface area contributed by atoms with Crippen molar-refractivity contribution < 1.29 is 24.1 Å². The van der Waals surface area contributed by atoms with Crippen LogP contribution in [0.2, 0.25) is 0 Å². The lowest BCUT2D eigenvalue weighted by Crippen LogP contribution is -2.38. The van der Waals surface area contributed by atoms with Gasteiger partial charge in [-0.1, -0.05) is 19.3 Å². The molecule has 0 unspecified atom stereocenters. The fourth-order valence-corrected chi connectivity index (χ4v) is 2.36.